The third kappa shape index (κ3) is 4.40. The fraction of sp³-hybridized carbons (Fsp3) is 0.533. The standard InChI is InChI=1S/C15H21NO2/c17-15(16-11-9-13-7-4-8-13)18-12-10-14-5-2-1-3-6-14/h1-3,5-6,13H,4,7-12H2,(H,16,17). The van der Waals surface area contributed by atoms with Crippen LogP contribution in [0, 0.1) is 5.92 Å². The van der Waals surface area contributed by atoms with E-state index < -0.39 is 0 Å². The van der Waals surface area contributed by atoms with Crippen LogP contribution in [0.2, 0.25) is 0 Å². The van der Waals surface area contributed by atoms with Gasteiger partial charge in [0.05, 0.1) is 6.61 Å². The van der Waals surface area contributed by atoms with Crippen molar-refractivity contribution in [3.8, 4) is 0 Å². The lowest BCUT2D eigenvalue weighted by molar-refractivity contribution is 0.146. The van der Waals surface area contributed by atoms with Gasteiger partial charge >= 0.3 is 6.09 Å². The number of nitrogens with one attached hydrogen (secondary N) is 1. The van der Waals surface area contributed by atoms with Gasteiger partial charge in [0.15, 0.2) is 0 Å². The summed E-state index contributed by atoms with van der Waals surface area (Å²) in [5.41, 5.74) is 1.19. The van der Waals surface area contributed by atoms with E-state index in [1.54, 1.807) is 0 Å². The molecule has 0 radical (unpaired) electrons. The number of alkyl carbamates (subject to hydrolysis) is 1. The zero-order chi connectivity index (χ0) is 12.6. The molecule has 1 aromatic rings. The predicted octanol–water partition coefficient (Wildman–Crippen LogP) is 3.15. The molecule has 98 valence electrons. The van der Waals surface area contributed by atoms with Crippen molar-refractivity contribution in [1.29, 1.82) is 0 Å². The molecule has 0 aromatic heterocycles. The van der Waals surface area contributed by atoms with E-state index in [1.165, 1.54) is 24.8 Å². The number of amides is 1. The van der Waals surface area contributed by atoms with Crippen LogP contribution in [-0.2, 0) is 11.2 Å². The number of ether oxygens (including phenoxy) is 1. The second-order valence-electron chi connectivity index (χ2n) is 4.88. The highest BCUT2D eigenvalue weighted by atomic mass is 16.5. The van der Waals surface area contributed by atoms with Crippen LogP contribution in [-0.4, -0.2) is 19.2 Å². The van der Waals surface area contributed by atoms with Crippen molar-refractivity contribution in [2.24, 2.45) is 5.92 Å². The summed E-state index contributed by atoms with van der Waals surface area (Å²) in [4.78, 5) is 11.4. The maximum Gasteiger partial charge on any atom is 0.407 e. The number of rotatable bonds is 6. The van der Waals surface area contributed by atoms with Gasteiger partial charge < -0.3 is 10.1 Å². The molecule has 0 bridgehead atoms. The van der Waals surface area contributed by atoms with E-state index >= 15 is 0 Å². The predicted molar refractivity (Wildman–Crippen MR) is 71.5 cm³/mol. The van der Waals surface area contributed by atoms with Crippen molar-refractivity contribution in [2.45, 2.75) is 32.1 Å². The SMILES string of the molecule is O=C(NCCC1CCC1)OCCc1ccccc1. The number of carbonyl (C=O) groups excluding carboxylic acids is 1. The minimum Gasteiger partial charge on any atom is -0.449 e. The quantitative estimate of drug-likeness (QED) is 0.838. The molecule has 0 unspecified atom stereocenters. The average molecular weight is 247 g/mol. The fourth-order valence-electron chi connectivity index (χ4n) is 2.12. The lowest BCUT2D eigenvalue weighted by Gasteiger charge is -2.24. The zero-order valence-electron chi connectivity index (χ0n) is 10.7. The molecule has 0 heterocycles. The zero-order valence-corrected chi connectivity index (χ0v) is 10.7. The Balaban J connectivity index is 1.51. The summed E-state index contributed by atoms with van der Waals surface area (Å²) in [7, 11) is 0. The topological polar surface area (TPSA) is 38.3 Å². The lowest BCUT2D eigenvalue weighted by Crippen LogP contribution is -2.28. The summed E-state index contributed by atoms with van der Waals surface area (Å²) >= 11 is 0. The maximum absolute atomic E-state index is 11.4. The van der Waals surface area contributed by atoms with Gasteiger partial charge in [0.1, 0.15) is 0 Å². The third-order valence-corrected chi connectivity index (χ3v) is 3.51. The van der Waals surface area contributed by atoms with Crippen molar-refractivity contribution in [3.63, 3.8) is 0 Å². The van der Waals surface area contributed by atoms with Crippen LogP contribution < -0.4 is 5.32 Å². The first kappa shape index (κ1) is 12.9. The van der Waals surface area contributed by atoms with Gasteiger partial charge in [-0.2, -0.15) is 0 Å². The van der Waals surface area contributed by atoms with E-state index in [9.17, 15) is 4.79 Å². The molecular formula is C15H21NO2. The molecule has 2 rings (SSSR count). The van der Waals surface area contributed by atoms with Crippen LogP contribution in [0.5, 0.6) is 0 Å². The second-order valence-corrected chi connectivity index (χ2v) is 4.88. The van der Waals surface area contributed by atoms with E-state index in [4.69, 9.17) is 4.74 Å². The van der Waals surface area contributed by atoms with E-state index in [1.807, 2.05) is 30.3 Å². The highest BCUT2D eigenvalue weighted by Gasteiger charge is 2.16. The molecule has 1 saturated carbocycles. The number of hydrogen-bond donors (Lipinski definition) is 1. The molecule has 3 nitrogen and oxygen atoms in total. The maximum atomic E-state index is 11.4. The molecule has 1 N–H and O–H groups in total. The van der Waals surface area contributed by atoms with Crippen molar-refractivity contribution >= 4 is 6.09 Å². The third-order valence-electron chi connectivity index (χ3n) is 3.51. The largest absolute Gasteiger partial charge is 0.449 e. The Morgan fingerprint density at radius 1 is 1.28 bits per heavy atom. The number of hydrogen-bond acceptors (Lipinski definition) is 2. The van der Waals surface area contributed by atoms with Gasteiger partial charge in [-0.25, -0.2) is 4.79 Å². The molecule has 1 fully saturated rings. The molecule has 1 aliphatic rings. The molecule has 0 atom stereocenters. The summed E-state index contributed by atoms with van der Waals surface area (Å²) < 4.78 is 5.13. The molecule has 1 aromatic carbocycles. The average Bonchev–Trinajstić information content (AvgIpc) is 2.34. The van der Waals surface area contributed by atoms with Gasteiger partial charge in [-0.1, -0.05) is 49.6 Å². The summed E-state index contributed by atoms with van der Waals surface area (Å²) in [6, 6.07) is 10.1. The highest BCUT2D eigenvalue weighted by Crippen LogP contribution is 2.28. The summed E-state index contributed by atoms with van der Waals surface area (Å²) in [6.07, 6.45) is 5.58. The van der Waals surface area contributed by atoms with Gasteiger partial charge in [0, 0.05) is 13.0 Å². The van der Waals surface area contributed by atoms with E-state index in [0.717, 1.165) is 25.3 Å². The van der Waals surface area contributed by atoms with Gasteiger partial charge in [-0.05, 0) is 17.9 Å². The van der Waals surface area contributed by atoms with E-state index in [0.29, 0.717) is 6.61 Å². The Morgan fingerprint density at radius 3 is 2.72 bits per heavy atom. The van der Waals surface area contributed by atoms with Crippen molar-refractivity contribution in [3.05, 3.63) is 35.9 Å². The van der Waals surface area contributed by atoms with Crippen LogP contribution in [0.3, 0.4) is 0 Å². The van der Waals surface area contributed by atoms with Crippen LogP contribution in [0.15, 0.2) is 30.3 Å². The smallest absolute Gasteiger partial charge is 0.407 e. The normalized spacial score (nSPS) is 14.9. The van der Waals surface area contributed by atoms with Crippen LogP contribution >= 0.6 is 0 Å². The van der Waals surface area contributed by atoms with Crippen LogP contribution in [0.25, 0.3) is 0 Å². The Hall–Kier alpha value is -1.51. The van der Waals surface area contributed by atoms with Gasteiger partial charge in [-0.15, -0.1) is 0 Å². The number of benzene rings is 1. The summed E-state index contributed by atoms with van der Waals surface area (Å²) in [6.45, 7) is 1.19. The molecule has 0 spiro atoms. The fourth-order valence-corrected chi connectivity index (χ4v) is 2.12. The Bertz CT molecular complexity index is 360. The summed E-state index contributed by atoms with van der Waals surface area (Å²) in [5, 5.41) is 2.81. The highest BCUT2D eigenvalue weighted by molar-refractivity contribution is 5.67. The summed E-state index contributed by atoms with van der Waals surface area (Å²) in [5.74, 6) is 0.828. The van der Waals surface area contributed by atoms with Crippen molar-refractivity contribution < 1.29 is 9.53 Å². The van der Waals surface area contributed by atoms with E-state index in [2.05, 4.69) is 5.32 Å². The first-order chi connectivity index (χ1) is 8.84. The lowest BCUT2D eigenvalue weighted by atomic mass is 9.83. The van der Waals surface area contributed by atoms with Crippen LogP contribution in [0.1, 0.15) is 31.2 Å². The molecule has 1 aliphatic carbocycles. The minimum atomic E-state index is -0.287. The van der Waals surface area contributed by atoms with Gasteiger partial charge in [-0.3, -0.25) is 0 Å². The molecule has 0 aliphatic heterocycles. The van der Waals surface area contributed by atoms with Crippen molar-refractivity contribution in [1.82, 2.24) is 5.32 Å². The molecule has 18 heavy (non-hydrogen) atoms. The first-order valence-electron chi connectivity index (χ1n) is 6.79. The number of carbonyl (C=O) groups is 1. The molecule has 1 amide bonds. The van der Waals surface area contributed by atoms with E-state index in [-0.39, 0.29) is 6.09 Å². The minimum absolute atomic E-state index is 0.287. The molecular weight excluding hydrogens is 226 g/mol. The Labute approximate surface area is 109 Å². The Kier molecular flexibility index (Phi) is 5.06. The van der Waals surface area contributed by atoms with Gasteiger partial charge in [0.25, 0.3) is 0 Å². The molecule has 0 saturated heterocycles. The molecule has 3 heteroatoms. The van der Waals surface area contributed by atoms with Gasteiger partial charge in [0.2, 0.25) is 0 Å². The Morgan fingerprint density at radius 2 is 2.06 bits per heavy atom. The second kappa shape index (κ2) is 7.04. The first-order valence-corrected chi connectivity index (χ1v) is 6.79. The van der Waals surface area contributed by atoms with Crippen molar-refractivity contribution in [2.75, 3.05) is 13.2 Å². The monoisotopic (exact) mass is 247 g/mol. The van der Waals surface area contributed by atoms with Crippen LogP contribution in [0.4, 0.5) is 4.79 Å².